The molecule has 0 aliphatic carbocycles. The highest BCUT2D eigenvalue weighted by Crippen LogP contribution is 2.33. The lowest BCUT2D eigenvalue weighted by Gasteiger charge is -2.23. The molecule has 0 radical (unpaired) electrons. The summed E-state index contributed by atoms with van der Waals surface area (Å²) in [5.74, 6) is 0.998. The molecule has 0 saturated carbocycles. The van der Waals surface area contributed by atoms with E-state index in [2.05, 4.69) is 9.38 Å². The summed E-state index contributed by atoms with van der Waals surface area (Å²) in [5, 5.41) is 0. The van der Waals surface area contributed by atoms with E-state index in [-0.39, 0.29) is 4.90 Å². The molecule has 0 atom stereocenters. The molecule has 3 rings (SSSR count). The Bertz CT molecular complexity index is 787. The van der Waals surface area contributed by atoms with Gasteiger partial charge in [0.25, 0.3) is 10.0 Å². The minimum absolute atomic E-state index is 0.0883. The summed E-state index contributed by atoms with van der Waals surface area (Å²) < 4.78 is 32.5. The molecule has 1 aliphatic heterocycles. The lowest BCUT2D eigenvalue weighted by atomic mass is 10.2. The van der Waals surface area contributed by atoms with Gasteiger partial charge in [-0.05, 0) is 24.3 Å². The largest absolute Gasteiger partial charge is 0.497 e. The Morgan fingerprint density at radius 3 is 2.85 bits per heavy atom. The third kappa shape index (κ3) is 2.01. The van der Waals surface area contributed by atoms with E-state index >= 15 is 0 Å². The van der Waals surface area contributed by atoms with Crippen LogP contribution in [0.15, 0.2) is 51.9 Å². The van der Waals surface area contributed by atoms with Crippen LogP contribution in [0.1, 0.15) is 0 Å². The van der Waals surface area contributed by atoms with Gasteiger partial charge in [0.1, 0.15) is 17.0 Å². The summed E-state index contributed by atoms with van der Waals surface area (Å²) in [6.45, 7) is 0. The lowest BCUT2D eigenvalue weighted by Crippen LogP contribution is -2.23. The van der Waals surface area contributed by atoms with Gasteiger partial charge in [-0.3, -0.25) is 4.90 Å². The first-order valence-electron chi connectivity index (χ1n) is 5.80. The Kier molecular flexibility index (Phi) is 2.90. The average Bonchev–Trinajstić information content (AvgIpc) is 2.47. The van der Waals surface area contributed by atoms with Crippen molar-refractivity contribution in [2.45, 2.75) is 4.90 Å². The molecule has 7 heteroatoms. The van der Waals surface area contributed by atoms with Gasteiger partial charge in [-0.25, -0.2) is 4.98 Å². The maximum Gasteiger partial charge on any atom is 0.287 e. The normalized spacial score (nSPS) is 15.8. The molecular weight excluding hydrogens is 278 g/mol. The summed E-state index contributed by atoms with van der Waals surface area (Å²) >= 11 is 0. The van der Waals surface area contributed by atoms with Crippen molar-refractivity contribution in [2.75, 3.05) is 12.0 Å². The Morgan fingerprint density at radius 1 is 1.20 bits per heavy atom. The van der Waals surface area contributed by atoms with E-state index in [1.807, 2.05) is 12.1 Å². The average molecular weight is 289 g/mol. The van der Waals surface area contributed by atoms with Gasteiger partial charge in [0.2, 0.25) is 0 Å². The van der Waals surface area contributed by atoms with Crippen molar-refractivity contribution in [2.24, 2.45) is 4.40 Å². The Morgan fingerprint density at radius 2 is 2.05 bits per heavy atom. The number of hydrogen-bond acceptors (Lipinski definition) is 5. The molecule has 20 heavy (non-hydrogen) atoms. The summed E-state index contributed by atoms with van der Waals surface area (Å²) in [6, 6.07) is 10.3. The number of hydrogen-bond donors (Lipinski definition) is 0. The molecule has 0 bridgehead atoms. The van der Waals surface area contributed by atoms with Crippen LogP contribution in [0.3, 0.4) is 0 Å². The zero-order valence-corrected chi connectivity index (χ0v) is 11.4. The number of methoxy groups -OCH3 is 1. The van der Waals surface area contributed by atoms with Crippen LogP contribution < -0.4 is 9.64 Å². The quantitative estimate of drug-likeness (QED) is 0.845. The molecule has 1 aromatic heterocycles. The standard InChI is InChI=1S/C13H11N3O3S/c1-19-11-5-2-4-10(8-11)16-9-15-20(17,18)12-6-3-7-14-13(12)16/h2-9H,1H3. The minimum Gasteiger partial charge on any atom is -0.497 e. The van der Waals surface area contributed by atoms with Crippen molar-refractivity contribution in [1.82, 2.24) is 4.98 Å². The molecule has 2 aromatic rings. The first-order valence-corrected chi connectivity index (χ1v) is 7.24. The van der Waals surface area contributed by atoms with Gasteiger partial charge in [-0.2, -0.15) is 8.42 Å². The molecule has 6 nitrogen and oxygen atoms in total. The molecule has 0 amide bonds. The Labute approximate surface area is 116 Å². The molecular formula is C13H11N3O3S. The number of ether oxygens (including phenoxy) is 1. The van der Waals surface area contributed by atoms with E-state index in [0.29, 0.717) is 11.6 Å². The molecule has 1 aromatic carbocycles. The topological polar surface area (TPSA) is 71.9 Å². The highest BCUT2D eigenvalue weighted by molar-refractivity contribution is 7.90. The fourth-order valence-corrected chi connectivity index (χ4v) is 2.90. The third-order valence-electron chi connectivity index (χ3n) is 2.89. The molecule has 0 fully saturated rings. The molecule has 1 aliphatic rings. The van der Waals surface area contributed by atoms with Gasteiger partial charge in [0, 0.05) is 12.3 Å². The maximum absolute atomic E-state index is 11.9. The number of benzene rings is 1. The van der Waals surface area contributed by atoms with Crippen molar-refractivity contribution >= 4 is 27.9 Å². The van der Waals surface area contributed by atoms with Crippen LogP contribution in [0.5, 0.6) is 5.75 Å². The van der Waals surface area contributed by atoms with Crippen LogP contribution >= 0.6 is 0 Å². The highest BCUT2D eigenvalue weighted by atomic mass is 32.2. The van der Waals surface area contributed by atoms with Gasteiger partial charge < -0.3 is 4.74 Å². The second-order valence-corrected chi connectivity index (χ2v) is 5.69. The Balaban J connectivity index is 2.16. The van der Waals surface area contributed by atoms with E-state index in [0.717, 1.165) is 5.69 Å². The lowest BCUT2D eigenvalue weighted by molar-refractivity contribution is 0.415. The highest BCUT2D eigenvalue weighted by Gasteiger charge is 2.27. The molecule has 0 N–H and O–H groups in total. The summed E-state index contributed by atoms with van der Waals surface area (Å²) in [5.41, 5.74) is 0.725. The predicted molar refractivity (Wildman–Crippen MR) is 75.0 cm³/mol. The van der Waals surface area contributed by atoms with Crippen LogP contribution in [-0.4, -0.2) is 26.9 Å². The van der Waals surface area contributed by atoms with Gasteiger partial charge in [-0.1, -0.05) is 6.07 Å². The van der Waals surface area contributed by atoms with Crippen molar-refractivity contribution in [1.29, 1.82) is 0 Å². The Hall–Kier alpha value is -2.41. The summed E-state index contributed by atoms with van der Waals surface area (Å²) in [7, 11) is -2.10. The van der Waals surface area contributed by atoms with Crippen LogP contribution in [0.4, 0.5) is 11.5 Å². The minimum atomic E-state index is -3.66. The number of fused-ring (bicyclic) bond motifs is 1. The smallest absolute Gasteiger partial charge is 0.287 e. The molecule has 102 valence electrons. The van der Waals surface area contributed by atoms with Crippen molar-refractivity contribution < 1.29 is 13.2 Å². The number of sulfonamides is 1. The SMILES string of the molecule is COc1cccc(N2C=NS(=O)(=O)c3cccnc32)c1. The first-order chi connectivity index (χ1) is 9.62. The maximum atomic E-state index is 11.9. The van der Waals surface area contributed by atoms with Gasteiger partial charge >= 0.3 is 0 Å². The monoisotopic (exact) mass is 289 g/mol. The van der Waals surface area contributed by atoms with Crippen LogP contribution in [0, 0.1) is 0 Å². The van der Waals surface area contributed by atoms with Crippen LogP contribution in [0.2, 0.25) is 0 Å². The summed E-state index contributed by atoms with van der Waals surface area (Å²) in [4.78, 5) is 5.84. The number of rotatable bonds is 2. The number of pyridine rings is 1. The van der Waals surface area contributed by atoms with E-state index in [1.165, 1.54) is 12.4 Å². The van der Waals surface area contributed by atoms with Crippen LogP contribution in [-0.2, 0) is 10.0 Å². The zero-order chi connectivity index (χ0) is 14.2. The second kappa shape index (κ2) is 4.61. The van der Waals surface area contributed by atoms with E-state index in [9.17, 15) is 8.42 Å². The molecule has 2 heterocycles. The molecule has 0 spiro atoms. The van der Waals surface area contributed by atoms with Crippen molar-refractivity contribution in [3.8, 4) is 5.75 Å². The van der Waals surface area contributed by atoms with Crippen LogP contribution in [0.25, 0.3) is 0 Å². The van der Waals surface area contributed by atoms with E-state index in [4.69, 9.17) is 4.74 Å². The number of nitrogens with zero attached hydrogens (tertiary/aromatic N) is 3. The van der Waals surface area contributed by atoms with E-state index < -0.39 is 10.0 Å². The third-order valence-corrected chi connectivity index (χ3v) is 4.14. The van der Waals surface area contributed by atoms with Gasteiger partial charge in [-0.15, -0.1) is 4.40 Å². The first kappa shape index (κ1) is 12.6. The fraction of sp³-hybridized carbons (Fsp3) is 0.0769. The number of anilines is 2. The second-order valence-electron chi connectivity index (χ2n) is 4.09. The molecule has 0 saturated heterocycles. The number of aromatic nitrogens is 1. The predicted octanol–water partition coefficient (Wildman–Crippen LogP) is 1.96. The van der Waals surface area contributed by atoms with E-state index in [1.54, 1.807) is 36.4 Å². The van der Waals surface area contributed by atoms with Gasteiger partial charge in [0.15, 0.2) is 5.82 Å². The van der Waals surface area contributed by atoms with Crippen molar-refractivity contribution in [3.63, 3.8) is 0 Å². The zero-order valence-electron chi connectivity index (χ0n) is 10.6. The fourth-order valence-electron chi connectivity index (χ4n) is 1.93. The van der Waals surface area contributed by atoms with Gasteiger partial charge in [0.05, 0.1) is 12.8 Å². The molecule has 0 unspecified atom stereocenters. The summed E-state index contributed by atoms with van der Waals surface area (Å²) in [6.07, 6.45) is 2.79. The van der Waals surface area contributed by atoms with Crippen molar-refractivity contribution in [3.05, 3.63) is 42.6 Å².